The van der Waals surface area contributed by atoms with E-state index in [1.54, 1.807) is 56.7 Å². The Morgan fingerprint density at radius 2 is 1.62 bits per heavy atom. The maximum Gasteiger partial charge on any atom is 0.270 e. The van der Waals surface area contributed by atoms with Crippen molar-refractivity contribution in [3.05, 3.63) is 106 Å². The van der Waals surface area contributed by atoms with Gasteiger partial charge in [-0.1, -0.05) is 17.7 Å². The largest absolute Gasteiger partial charge is 0.339 e. The minimum absolute atomic E-state index is 0.0127. The molecule has 5 aromatic rings. The van der Waals surface area contributed by atoms with Crippen LogP contribution >= 0.6 is 11.6 Å². The van der Waals surface area contributed by atoms with E-state index in [-0.39, 0.29) is 24.1 Å². The van der Waals surface area contributed by atoms with Crippen molar-refractivity contribution in [3.63, 3.8) is 0 Å². The van der Waals surface area contributed by atoms with Gasteiger partial charge in [0.1, 0.15) is 18.1 Å². The normalized spacial score (nSPS) is 12.0. The Kier molecular flexibility index (Phi) is 9.29. The highest BCUT2D eigenvalue weighted by atomic mass is 35.5. The SMILES string of the molecule is CC(C)n1nccc1C(=O)N[C@@H](Cc1cc(-c2ccc(=O)n(C(C)C)c2)ccc1Cl)C(=O)Nc1ccc(-c2nncn2C)cc1. The second kappa shape index (κ2) is 13.3. The molecule has 45 heavy (non-hydrogen) atoms. The van der Waals surface area contributed by atoms with Gasteiger partial charge in [0.2, 0.25) is 5.91 Å². The predicted octanol–water partition coefficient (Wildman–Crippen LogP) is 5.30. The summed E-state index contributed by atoms with van der Waals surface area (Å²) in [6.07, 6.45) is 5.09. The lowest BCUT2D eigenvalue weighted by Crippen LogP contribution is -2.46. The molecule has 0 aliphatic carbocycles. The highest BCUT2D eigenvalue weighted by molar-refractivity contribution is 6.31. The monoisotopic (exact) mass is 626 g/mol. The van der Waals surface area contributed by atoms with E-state index in [4.69, 9.17) is 11.6 Å². The molecular weight excluding hydrogens is 592 g/mol. The summed E-state index contributed by atoms with van der Waals surface area (Å²) >= 11 is 6.65. The Morgan fingerprint density at radius 3 is 2.29 bits per heavy atom. The average Bonchev–Trinajstić information content (AvgIpc) is 3.68. The second-order valence-corrected chi connectivity index (χ2v) is 11.8. The van der Waals surface area contributed by atoms with Crippen LogP contribution in [0.5, 0.6) is 0 Å². The van der Waals surface area contributed by atoms with Gasteiger partial charge >= 0.3 is 0 Å². The molecule has 2 aromatic carbocycles. The van der Waals surface area contributed by atoms with Gasteiger partial charge in [0.15, 0.2) is 5.82 Å². The summed E-state index contributed by atoms with van der Waals surface area (Å²) in [5, 5.41) is 18.6. The van der Waals surface area contributed by atoms with Crippen LogP contribution in [0.3, 0.4) is 0 Å². The number of aryl methyl sites for hydroxylation is 1. The summed E-state index contributed by atoms with van der Waals surface area (Å²) < 4.78 is 5.07. The lowest BCUT2D eigenvalue weighted by atomic mass is 9.99. The summed E-state index contributed by atoms with van der Waals surface area (Å²) in [7, 11) is 1.85. The molecule has 0 unspecified atom stereocenters. The Labute approximate surface area is 265 Å². The van der Waals surface area contributed by atoms with Crippen molar-refractivity contribution in [2.75, 3.05) is 5.32 Å². The van der Waals surface area contributed by atoms with Gasteiger partial charge < -0.3 is 19.8 Å². The summed E-state index contributed by atoms with van der Waals surface area (Å²) in [6.45, 7) is 7.73. The number of hydrogen-bond donors (Lipinski definition) is 2. The maximum absolute atomic E-state index is 13.8. The third-order valence-corrected chi connectivity index (χ3v) is 7.80. The number of benzene rings is 2. The molecule has 2 amide bonds. The van der Waals surface area contributed by atoms with Gasteiger partial charge in [-0.3, -0.25) is 19.1 Å². The molecule has 2 N–H and O–H groups in total. The van der Waals surface area contributed by atoms with Crippen LogP contribution in [0.2, 0.25) is 5.02 Å². The lowest BCUT2D eigenvalue weighted by molar-refractivity contribution is -0.118. The standard InChI is InChI=1S/C33H35ClN8O3/c1-20(2)41-18-24(9-13-30(41)43)23-8-12-27(34)25(16-23)17-28(38-33(45)29-14-15-36-42(29)21(3)4)32(44)37-26-10-6-22(7-11-26)31-39-35-19-40(31)5/h6-16,18-21,28H,17H2,1-5H3,(H,37,44)(H,38,45)/t28-/m0/s1. The van der Waals surface area contributed by atoms with E-state index in [0.717, 1.165) is 16.7 Å². The third kappa shape index (κ3) is 7.04. The minimum atomic E-state index is -0.983. The molecule has 3 aromatic heterocycles. The van der Waals surface area contributed by atoms with Crippen LogP contribution in [-0.2, 0) is 18.3 Å². The number of amides is 2. The van der Waals surface area contributed by atoms with Gasteiger partial charge in [-0.2, -0.15) is 5.10 Å². The van der Waals surface area contributed by atoms with Gasteiger partial charge in [0.05, 0.1) is 0 Å². The van der Waals surface area contributed by atoms with E-state index >= 15 is 0 Å². The van der Waals surface area contributed by atoms with E-state index in [1.807, 2.05) is 65.2 Å². The molecule has 5 rings (SSSR count). The number of halogens is 1. The number of nitrogens with zero attached hydrogens (tertiary/aromatic N) is 6. The number of carbonyl (C=O) groups excluding carboxylic acids is 2. The van der Waals surface area contributed by atoms with Crippen molar-refractivity contribution < 1.29 is 9.59 Å². The number of anilines is 1. The van der Waals surface area contributed by atoms with Crippen LogP contribution in [0.25, 0.3) is 22.5 Å². The number of pyridine rings is 1. The van der Waals surface area contributed by atoms with Crippen molar-refractivity contribution >= 4 is 29.1 Å². The van der Waals surface area contributed by atoms with Crippen LogP contribution < -0.4 is 16.2 Å². The van der Waals surface area contributed by atoms with E-state index in [9.17, 15) is 14.4 Å². The fourth-order valence-corrected chi connectivity index (χ4v) is 5.23. The molecule has 232 valence electrons. The fraction of sp³-hybridized carbons (Fsp3) is 0.273. The molecule has 1 atom stereocenters. The molecule has 0 fully saturated rings. The summed E-state index contributed by atoms with van der Waals surface area (Å²) in [5.41, 5.74) is 3.95. The van der Waals surface area contributed by atoms with Gasteiger partial charge in [-0.05, 0) is 92.9 Å². The zero-order valence-electron chi connectivity index (χ0n) is 25.7. The smallest absolute Gasteiger partial charge is 0.270 e. The van der Waals surface area contributed by atoms with Crippen molar-refractivity contribution in [2.24, 2.45) is 7.05 Å². The molecule has 3 heterocycles. The van der Waals surface area contributed by atoms with Crippen molar-refractivity contribution in [2.45, 2.75) is 52.2 Å². The lowest BCUT2D eigenvalue weighted by Gasteiger charge is -2.21. The van der Waals surface area contributed by atoms with Crippen LogP contribution in [-0.4, -0.2) is 47.0 Å². The highest BCUT2D eigenvalue weighted by Crippen LogP contribution is 2.27. The quantitative estimate of drug-likeness (QED) is 0.216. The second-order valence-electron chi connectivity index (χ2n) is 11.4. The molecule has 0 saturated heterocycles. The van der Waals surface area contributed by atoms with Crippen molar-refractivity contribution in [1.29, 1.82) is 0 Å². The molecule has 0 bridgehead atoms. The molecule has 12 heteroatoms. The molecule has 0 aliphatic heterocycles. The summed E-state index contributed by atoms with van der Waals surface area (Å²) in [5.74, 6) is -0.159. The van der Waals surface area contributed by atoms with E-state index < -0.39 is 17.9 Å². The third-order valence-electron chi connectivity index (χ3n) is 7.43. The predicted molar refractivity (Wildman–Crippen MR) is 174 cm³/mol. The zero-order chi connectivity index (χ0) is 32.2. The van der Waals surface area contributed by atoms with Crippen LogP contribution in [0.15, 0.2) is 84.2 Å². The Hall–Kier alpha value is -5.03. The van der Waals surface area contributed by atoms with Gasteiger partial charge in [-0.15, -0.1) is 10.2 Å². The number of hydrogen-bond acceptors (Lipinski definition) is 6. The van der Waals surface area contributed by atoms with Crippen LogP contribution in [0, 0.1) is 0 Å². The average molecular weight is 627 g/mol. The van der Waals surface area contributed by atoms with Crippen LogP contribution in [0.1, 0.15) is 55.8 Å². The van der Waals surface area contributed by atoms with Gasteiger partial charge in [0, 0.05) is 60.3 Å². The van der Waals surface area contributed by atoms with Crippen molar-refractivity contribution in [3.8, 4) is 22.5 Å². The Balaban J connectivity index is 1.44. The number of rotatable bonds is 10. The Morgan fingerprint density at radius 1 is 0.911 bits per heavy atom. The topological polar surface area (TPSA) is 129 Å². The molecule has 0 spiro atoms. The van der Waals surface area contributed by atoms with Gasteiger partial charge in [0.25, 0.3) is 11.5 Å². The first-order valence-electron chi connectivity index (χ1n) is 14.6. The maximum atomic E-state index is 13.8. The fourth-order valence-electron chi connectivity index (χ4n) is 5.03. The zero-order valence-corrected chi connectivity index (χ0v) is 26.5. The summed E-state index contributed by atoms with van der Waals surface area (Å²) in [4.78, 5) is 39.6. The molecule has 11 nitrogen and oxygen atoms in total. The number of nitrogens with one attached hydrogen (secondary N) is 2. The molecule has 0 aliphatic rings. The number of aromatic nitrogens is 6. The minimum Gasteiger partial charge on any atom is -0.339 e. The van der Waals surface area contributed by atoms with E-state index in [0.29, 0.717) is 27.8 Å². The van der Waals surface area contributed by atoms with E-state index in [2.05, 4.69) is 25.9 Å². The molecule has 0 radical (unpaired) electrons. The van der Waals surface area contributed by atoms with E-state index in [1.165, 1.54) is 6.07 Å². The Bertz CT molecular complexity index is 1890. The first kappa shape index (κ1) is 31.4. The van der Waals surface area contributed by atoms with Gasteiger partial charge in [-0.25, -0.2) is 0 Å². The first-order valence-corrected chi connectivity index (χ1v) is 15.0. The van der Waals surface area contributed by atoms with Crippen molar-refractivity contribution in [1.82, 2.24) is 34.4 Å². The summed E-state index contributed by atoms with van der Waals surface area (Å²) in [6, 6.07) is 16.6. The van der Waals surface area contributed by atoms with Crippen LogP contribution in [0.4, 0.5) is 5.69 Å². The first-order chi connectivity index (χ1) is 21.5. The highest BCUT2D eigenvalue weighted by Gasteiger charge is 2.25. The number of carbonyl (C=O) groups is 2. The molecule has 0 saturated carbocycles. The molecular formula is C33H35ClN8O3.